The van der Waals surface area contributed by atoms with Crippen LogP contribution in [0.2, 0.25) is 0 Å². The van der Waals surface area contributed by atoms with Gasteiger partial charge < -0.3 is 10.3 Å². The van der Waals surface area contributed by atoms with Crippen molar-refractivity contribution in [2.75, 3.05) is 5.32 Å². The van der Waals surface area contributed by atoms with Crippen LogP contribution in [-0.4, -0.2) is 15.0 Å². The number of H-pyrrole nitrogens is 1. The molecular weight excluding hydrogens is 332 g/mol. The average Bonchev–Trinajstić information content (AvgIpc) is 2.91. The molecule has 0 aliphatic carbocycles. The lowest BCUT2D eigenvalue weighted by Crippen LogP contribution is -2.14. The summed E-state index contributed by atoms with van der Waals surface area (Å²) in [5, 5.41) is 3.43. The molecule has 0 fully saturated rings. The molecule has 0 bridgehead atoms. The van der Waals surface area contributed by atoms with Gasteiger partial charge in [-0.1, -0.05) is 0 Å². The molecule has 0 aromatic carbocycles. The van der Waals surface area contributed by atoms with Gasteiger partial charge in [0.1, 0.15) is 11.6 Å². The predicted octanol–water partition coefficient (Wildman–Crippen LogP) is 4.30. The highest BCUT2D eigenvalue weighted by Gasteiger charge is 2.12. The first-order valence-electron chi connectivity index (χ1n) is 8.22. The second-order valence-corrected chi connectivity index (χ2v) is 7.75. The fourth-order valence-corrected chi connectivity index (χ4v) is 3.80. The highest BCUT2D eigenvalue weighted by atomic mass is 32.1. The lowest BCUT2D eigenvalue weighted by atomic mass is 10.1. The number of thiophene rings is 1. The third-order valence-electron chi connectivity index (χ3n) is 4.34. The van der Waals surface area contributed by atoms with Crippen LogP contribution in [0.15, 0.2) is 29.2 Å². The minimum absolute atomic E-state index is 0.110. The van der Waals surface area contributed by atoms with E-state index in [1.807, 2.05) is 30.4 Å². The standard InChI is InChI=1S/C19H22N4OS/c1-10-8-16(14(5)25-10)13(4)21-17-7-6-15(9-20-17)18-22-12(3)11(2)19(24)23-18/h6-9,13H,1-5H3,(H,20,21)(H,22,23,24). The number of nitrogens with one attached hydrogen (secondary N) is 2. The molecule has 0 spiro atoms. The van der Waals surface area contributed by atoms with Crippen molar-refractivity contribution in [1.82, 2.24) is 15.0 Å². The van der Waals surface area contributed by atoms with E-state index in [0.29, 0.717) is 11.4 Å². The van der Waals surface area contributed by atoms with Crippen molar-refractivity contribution in [1.29, 1.82) is 0 Å². The number of anilines is 1. The maximum absolute atomic E-state index is 11.9. The topological polar surface area (TPSA) is 70.7 Å². The highest BCUT2D eigenvalue weighted by molar-refractivity contribution is 7.12. The van der Waals surface area contributed by atoms with Crippen LogP contribution in [0, 0.1) is 27.7 Å². The molecule has 3 heterocycles. The molecule has 6 heteroatoms. The zero-order chi connectivity index (χ0) is 18.1. The van der Waals surface area contributed by atoms with Crippen LogP contribution in [0.5, 0.6) is 0 Å². The number of aromatic amines is 1. The molecule has 1 atom stereocenters. The third kappa shape index (κ3) is 3.64. The number of hydrogen-bond donors (Lipinski definition) is 2. The van der Waals surface area contributed by atoms with Gasteiger partial charge in [0, 0.05) is 32.8 Å². The summed E-state index contributed by atoms with van der Waals surface area (Å²) in [6, 6.07) is 6.23. The van der Waals surface area contributed by atoms with E-state index < -0.39 is 0 Å². The SMILES string of the molecule is Cc1cc(C(C)Nc2ccc(-c3nc(C)c(C)c(=O)[nH]3)cn2)c(C)s1. The van der Waals surface area contributed by atoms with Crippen molar-refractivity contribution in [2.45, 2.75) is 40.7 Å². The van der Waals surface area contributed by atoms with Gasteiger partial charge in [0.05, 0.1) is 6.04 Å². The monoisotopic (exact) mass is 354 g/mol. The second kappa shape index (κ2) is 6.80. The lowest BCUT2D eigenvalue weighted by molar-refractivity contribution is 0.872. The Hall–Kier alpha value is -2.47. The summed E-state index contributed by atoms with van der Waals surface area (Å²) >= 11 is 1.81. The van der Waals surface area contributed by atoms with Crippen LogP contribution in [0.25, 0.3) is 11.4 Å². The predicted molar refractivity (Wildman–Crippen MR) is 103 cm³/mol. The van der Waals surface area contributed by atoms with Gasteiger partial charge in [-0.05, 0) is 58.4 Å². The van der Waals surface area contributed by atoms with Gasteiger partial charge in [-0.2, -0.15) is 0 Å². The normalized spacial score (nSPS) is 12.2. The molecule has 1 unspecified atom stereocenters. The minimum atomic E-state index is -0.110. The zero-order valence-electron chi connectivity index (χ0n) is 15.1. The van der Waals surface area contributed by atoms with Crippen LogP contribution in [0.3, 0.4) is 0 Å². The van der Waals surface area contributed by atoms with E-state index in [4.69, 9.17) is 0 Å². The third-order valence-corrected chi connectivity index (χ3v) is 5.32. The number of pyridine rings is 1. The van der Waals surface area contributed by atoms with Crippen LogP contribution < -0.4 is 10.9 Å². The van der Waals surface area contributed by atoms with E-state index in [2.05, 4.69) is 47.1 Å². The first-order valence-corrected chi connectivity index (χ1v) is 9.04. The van der Waals surface area contributed by atoms with Crippen LogP contribution in [0.4, 0.5) is 5.82 Å². The zero-order valence-corrected chi connectivity index (χ0v) is 15.9. The summed E-state index contributed by atoms with van der Waals surface area (Å²) in [5.74, 6) is 1.34. The summed E-state index contributed by atoms with van der Waals surface area (Å²) in [7, 11) is 0. The van der Waals surface area contributed by atoms with E-state index in [0.717, 1.165) is 17.1 Å². The Morgan fingerprint density at radius 3 is 2.52 bits per heavy atom. The Morgan fingerprint density at radius 2 is 1.96 bits per heavy atom. The lowest BCUT2D eigenvalue weighted by Gasteiger charge is -2.15. The van der Waals surface area contributed by atoms with E-state index >= 15 is 0 Å². The summed E-state index contributed by atoms with van der Waals surface area (Å²) in [5.41, 5.74) is 3.36. The number of hydrogen-bond acceptors (Lipinski definition) is 5. The van der Waals surface area contributed by atoms with Gasteiger partial charge in [0.2, 0.25) is 0 Å². The van der Waals surface area contributed by atoms with E-state index in [9.17, 15) is 4.79 Å². The number of rotatable bonds is 4. The largest absolute Gasteiger partial charge is 0.364 e. The molecule has 25 heavy (non-hydrogen) atoms. The molecule has 5 nitrogen and oxygen atoms in total. The van der Waals surface area contributed by atoms with Crippen molar-refractivity contribution < 1.29 is 0 Å². The Balaban J connectivity index is 1.81. The summed E-state index contributed by atoms with van der Waals surface area (Å²) in [6.07, 6.45) is 1.73. The first kappa shape index (κ1) is 17.4. The van der Waals surface area contributed by atoms with Crippen molar-refractivity contribution in [2.24, 2.45) is 0 Å². The summed E-state index contributed by atoms with van der Waals surface area (Å²) < 4.78 is 0. The van der Waals surface area contributed by atoms with Crippen LogP contribution in [-0.2, 0) is 0 Å². The Bertz CT molecular complexity index is 957. The van der Waals surface area contributed by atoms with Crippen LogP contribution in [0.1, 0.15) is 39.5 Å². The number of aromatic nitrogens is 3. The van der Waals surface area contributed by atoms with Crippen LogP contribution >= 0.6 is 11.3 Å². The van der Waals surface area contributed by atoms with Crippen molar-refractivity contribution in [3.8, 4) is 11.4 Å². The van der Waals surface area contributed by atoms with Crippen molar-refractivity contribution >= 4 is 17.2 Å². The van der Waals surface area contributed by atoms with E-state index in [-0.39, 0.29) is 11.6 Å². The highest BCUT2D eigenvalue weighted by Crippen LogP contribution is 2.28. The molecule has 0 amide bonds. The Morgan fingerprint density at radius 1 is 1.20 bits per heavy atom. The Kier molecular flexibility index (Phi) is 4.72. The van der Waals surface area contributed by atoms with E-state index in [1.54, 1.807) is 13.1 Å². The van der Waals surface area contributed by atoms with Crippen molar-refractivity contribution in [3.63, 3.8) is 0 Å². The first-order chi connectivity index (χ1) is 11.8. The van der Waals surface area contributed by atoms with Gasteiger partial charge in [0.25, 0.3) is 5.56 Å². The Labute approximate surface area is 151 Å². The summed E-state index contributed by atoms with van der Waals surface area (Å²) in [6.45, 7) is 10.0. The summed E-state index contributed by atoms with van der Waals surface area (Å²) in [4.78, 5) is 26.3. The second-order valence-electron chi connectivity index (χ2n) is 6.29. The van der Waals surface area contributed by atoms with Crippen molar-refractivity contribution in [3.05, 3.63) is 61.3 Å². The molecular formula is C19H22N4OS. The maximum atomic E-state index is 11.9. The minimum Gasteiger partial charge on any atom is -0.364 e. The smallest absolute Gasteiger partial charge is 0.254 e. The molecule has 0 aliphatic heterocycles. The molecule has 130 valence electrons. The molecule has 0 radical (unpaired) electrons. The molecule has 2 N–H and O–H groups in total. The molecule has 0 aliphatic rings. The van der Waals surface area contributed by atoms with Gasteiger partial charge >= 0.3 is 0 Å². The molecule has 0 saturated carbocycles. The molecule has 3 aromatic heterocycles. The fraction of sp³-hybridized carbons (Fsp3) is 0.316. The van der Waals surface area contributed by atoms with Gasteiger partial charge in [-0.15, -0.1) is 11.3 Å². The average molecular weight is 354 g/mol. The number of aryl methyl sites for hydroxylation is 3. The van der Waals surface area contributed by atoms with Gasteiger partial charge in [0.15, 0.2) is 0 Å². The molecule has 0 saturated heterocycles. The molecule has 3 rings (SSSR count). The van der Waals surface area contributed by atoms with E-state index in [1.165, 1.54) is 15.3 Å². The quantitative estimate of drug-likeness (QED) is 0.733. The number of nitrogens with zero attached hydrogens (tertiary/aromatic N) is 2. The van der Waals surface area contributed by atoms with Gasteiger partial charge in [-0.25, -0.2) is 9.97 Å². The molecule has 3 aromatic rings. The fourth-order valence-electron chi connectivity index (χ4n) is 2.78. The van der Waals surface area contributed by atoms with Gasteiger partial charge in [-0.3, -0.25) is 4.79 Å². The maximum Gasteiger partial charge on any atom is 0.254 e.